The van der Waals surface area contributed by atoms with Gasteiger partial charge in [0.2, 0.25) is 0 Å². The molecular weight excluding hydrogens is 885 g/mol. The van der Waals surface area contributed by atoms with Crippen LogP contribution < -0.4 is 9.47 Å². The summed E-state index contributed by atoms with van der Waals surface area (Å²) < 4.78 is 23.4. The van der Waals surface area contributed by atoms with E-state index in [9.17, 15) is 15.3 Å². The summed E-state index contributed by atoms with van der Waals surface area (Å²) in [6.07, 6.45) is 7.77. The van der Waals surface area contributed by atoms with Crippen molar-refractivity contribution in [3.05, 3.63) is 128 Å². The van der Waals surface area contributed by atoms with Gasteiger partial charge < -0.3 is 39.4 Å². The summed E-state index contributed by atoms with van der Waals surface area (Å²) in [5, 5.41) is 40.4. The fraction of sp³-hybridized carbons (Fsp3) is 0.619. The van der Waals surface area contributed by atoms with Crippen LogP contribution in [0, 0.1) is 27.7 Å². The molecule has 4 atom stereocenters. The molecule has 1 aliphatic heterocycles. The third kappa shape index (κ3) is 14.5. The highest BCUT2D eigenvalue weighted by molar-refractivity contribution is 5.49. The number of ether oxygens (including phenoxy) is 4. The Morgan fingerprint density at radius 1 is 0.563 bits per heavy atom. The second kappa shape index (κ2) is 25.9. The highest BCUT2D eigenvalue weighted by Crippen LogP contribution is 2.44. The molecule has 0 radical (unpaired) electrons. The molecule has 1 aliphatic rings. The minimum Gasteiger partial charge on any atom is -0.491 e. The molecule has 8 heteroatoms. The van der Waals surface area contributed by atoms with Gasteiger partial charge in [0.25, 0.3) is 0 Å². The van der Waals surface area contributed by atoms with Crippen LogP contribution in [0.15, 0.2) is 72.8 Å². The molecule has 0 aromatic heterocycles. The average Bonchev–Trinajstić information content (AvgIpc) is 3.72. The van der Waals surface area contributed by atoms with Crippen molar-refractivity contribution in [1.82, 2.24) is 0 Å². The van der Waals surface area contributed by atoms with Crippen LogP contribution in [-0.2, 0) is 20.3 Å². The molecule has 396 valence electrons. The topological polar surface area (TPSA) is 118 Å². The highest BCUT2D eigenvalue weighted by atomic mass is 16.7. The van der Waals surface area contributed by atoms with Crippen LogP contribution in [-0.4, -0.2) is 76.1 Å². The van der Waals surface area contributed by atoms with Gasteiger partial charge in [0.15, 0.2) is 5.79 Å². The number of hydrogen-bond acceptors (Lipinski definition) is 8. The lowest BCUT2D eigenvalue weighted by atomic mass is 9.69. The van der Waals surface area contributed by atoms with Crippen LogP contribution in [0.1, 0.15) is 215 Å². The lowest BCUT2D eigenvalue weighted by molar-refractivity contribution is -0.141. The average molecular weight is 981 g/mol. The molecule has 4 aromatic rings. The molecule has 0 saturated carbocycles. The van der Waals surface area contributed by atoms with Crippen LogP contribution >= 0.6 is 0 Å². The van der Waals surface area contributed by atoms with Crippen molar-refractivity contribution in [2.45, 2.75) is 227 Å². The number of hydrogen-bond donors (Lipinski definition) is 4. The number of rotatable bonds is 25. The molecule has 71 heavy (non-hydrogen) atoms. The van der Waals surface area contributed by atoms with E-state index in [1.807, 2.05) is 26.8 Å². The van der Waals surface area contributed by atoms with Gasteiger partial charge in [-0.25, -0.2) is 0 Å². The molecule has 4 aromatic carbocycles. The van der Waals surface area contributed by atoms with Gasteiger partial charge in [-0.15, -0.1) is 0 Å². The van der Waals surface area contributed by atoms with Gasteiger partial charge in [-0.1, -0.05) is 130 Å². The Morgan fingerprint density at radius 2 is 0.930 bits per heavy atom. The van der Waals surface area contributed by atoms with E-state index in [4.69, 9.17) is 24.1 Å². The molecule has 8 nitrogen and oxygen atoms in total. The van der Waals surface area contributed by atoms with Crippen LogP contribution in [0.5, 0.6) is 11.5 Å². The normalized spacial score (nSPS) is 16.5. The van der Waals surface area contributed by atoms with E-state index < -0.39 is 23.1 Å². The lowest BCUT2D eigenvalue weighted by Gasteiger charge is -2.35. The van der Waals surface area contributed by atoms with Crippen molar-refractivity contribution >= 4 is 0 Å². The second-order valence-corrected chi connectivity index (χ2v) is 21.7. The largest absolute Gasteiger partial charge is 0.491 e. The predicted molar refractivity (Wildman–Crippen MR) is 294 cm³/mol. The van der Waals surface area contributed by atoms with Gasteiger partial charge in [0, 0.05) is 10.8 Å². The highest BCUT2D eigenvalue weighted by Gasteiger charge is 2.36. The Balaban J connectivity index is 0.000000310. The summed E-state index contributed by atoms with van der Waals surface area (Å²) in [6.45, 7) is 35.1. The van der Waals surface area contributed by atoms with Gasteiger partial charge >= 0.3 is 0 Å². The summed E-state index contributed by atoms with van der Waals surface area (Å²) in [5.74, 6) is 1.71. The zero-order valence-corrected chi connectivity index (χ0v) is 47.1. The quantitative estimate of drug-likeness (QED) is 0.0519. The Bertz CT molecular complexity index is 2260. The minimum absolute atomic E-state index is 0.0472. The van der Waals surface area contributed by atoms with Gasteiger partial charge in [0.1, 0.15) is 36.9 Å². The maximum atomic E-state index is 10.9. The van der Waals surface area contributed by atoms with E-state index in [1.165, 1.54) is 44.5 Å². The number of aryl methyl sites for hydroxylation is 4. The molecule has 4 N–H and O–H groups in total. The minimum atomic E-state index is -0.876. The van der Waals surface area contributed by atoms with E-state index in [1.54, 1.807) is 0 Å². The molecule has 1 heterocycles. The number of aliphatic hydroxyl groups is 4. The fourth-order valence-electron chi connectivity index (χ4n) is 11.4. The second-order valence-electron chi connectivity index (χ2n) is 21.7. The Labute approximate surface area is 430 Å². The summed E-state index contributed by atoms with van der Waals surface area (Å²) in [5.41, 5.74) is 11.3. The van der Waals surface area contributed by atoms with Gasteiger partial charge in [0.05, 0.1) is 24.4 Å². The molecule has 0 aliphatic carbocycles. The Morgan fingerprint density at radius 3 is 1.24 bits per heavy atom. The number of benzene rings is 4. The van der Waals surface area contributed by atoms with Crippen molar-refractivity contribution < 1.29 is 39.4 Å². The maximum absolute atomic E-state index is 10.9. The van der Waals surface area contributed by atoms with Crippen LogP contribution in [0.25, 0.3) is 0 Å². The third-order valence-corrected chi connectivity index (χ3v) is 16.7. The molecule has 2 unspecified atom stereocenters. The zero-order valence-electron chi connectivity index (χ0n) is 47.1. The molecule has 1 fully saturated rings. The van der Waals surface area contributed by atoms with Crippen LogP contribution in [0.4, 0.5) is 0 Å². The van der Waals surface area contributed by atoms with Crippen molar-refractivity contribution in [2.75, 3.05) is 26.4 Å². The van der Waals surface area contributed by atoms with Crippen molar-refractivity contribution in [3.63, 3.8) is 0 Å². The molecule has 0 amide bonds. The van der Waals surface area contributed by atoms with Crippen molar-refractivity contribution in [1.29, 1.82) is 0 Å². The molecule has 0 spiro atoms. The van der Waals surface area contributed by atoms with Crippen LogP contribution in [0.2, 0.25) is 0 Å². The van der Waals surface area contributed by atoms with Gasteiger partial charge in [-0.3, -0.25) is 0 Å². The molecule has 1 saturated heterocycles. The molecule has 5 rings (SSSR count). The Kier molecular flexibility index (Phi) is 21.9. The summed E-state index contributed by atoms with van der Waals surface area (Å²) >= 11 is 0. The van der Waals surface area contributed by atoms with Gasteiger partial charge in [-0.05, 0) is 185 Å². The molecule has 0 bridgehead atoms. The fourth-order valence-corrected chi connectivity index (χ4v) is 11.4. The smallest absolute Gasteiger partial charge is 0.163 e. The number of aliphatic hydroxyl groups excluding tert-OH is 2. The van der Waals surface area contributed by atoms with Gasteiger partial charge in [-0.2, -0.15) is 0 Å². The van der Waals surface area contributed by atoms with E-state index in [-0.39, 0.29) is 30.1 Å². The monoisotopic (exact) mass is 981 g/mol. The SMILES string of the molecule is CCC(O)(CC)CC(C)c1ccc(C(CC)(CC)c2ccc(OC[C@@H](O)CO)c(C)c2)cc1C.CCC(O)(CC)CC(C)c1ccc(C(CC)(CC)c2ccc(OC[C@@H]3COC(C)(C)O3)c(C)c2)cc1C. The van der Waals surface area contributed by atoms with E-state index in [0.29, 0.717) is 25.0 Å². The van der Waals surface area contributed by atoms with Crippen LogP contribution in [0.3, 0.4) is 0 Å². The van der Waals surface area contributed by atoms with Crippen molar-refractivity contribution in [2.24, 2.45) is 0 Å². The Hall–Kier alpha value is -3.76. The van der Waals surface area contributed by atoms with Crippen molar-refractivity contribution in [3.8, 4) is 11.5 Å². The third-order valence-electron chi connectivity index (χ3n) is 16.7. The first-order valence-corrected chi connectivity index (χ1v) is 27.3. The first-order chi connectivity index (χ1) is 33.5. The molecular formula is C63H96O8. The summed E-state index contributed by atoms with van der Waals surface area (Å²) in [7, 11) is 0. The lowest BCUT2D eigenvalue weighted by Crippen LogP contribution is -2.29. The van der Waals surface area contributed by atoms with E-state index >= 15 is 0 Å². The summed E-state index contributed by atoms with van der Waals surface area (Å²) in [4.78, 5) is 0. The standard InChI is InChI=1S/C33H50O4.C30H46O4/c1-10-32(34,11-2)20-25(7)29-16-14-26(18-23(29)5)33(12-3,13-4)27-15-17-30(24(6)19-27)35-21-28-22-36-31(8,9)37-28;1-8-29(33,9-2)18-23(7)27-14-12-24(16-21(27)5)30(10-3,11-4)25-13-15-28(22(6)17-25)34-20-26(32)19-31/h14-19,25,28,34H,10-13,20-22H2,1-9H3;12-17,23,26,31-33H,8-11,18-20H2,1-7H3/t25?,28-;23?,26-/m10/s1. The summed E-state index contributed by atoms with van der Waals surface area (Å²) in [6, 6.07) is 26.9. The zero-order chi connectivity index (χ0) is 53.0. The van der Waals surface area contributed by atoms with E-state index in [0.717, 1.165) is 86.8 Å². The first-order valence-electron chi connectivity index (χ1n) is 27.3. The first kappa shape index (κ1) is 59.8. The van der Waals surface area contributed by atoms with E-state index in [2.05, 4.69) is 157 Å². The maximum Gasteiger partial charge on any atom is 0.163 e. The predicted octanol–water partition coefficient (Wildman–Crippen LogP) is 14.2.